The van der Waals surface area contributed by atoms with E-state index in [1.807, 2.05) is 0 Å². The molecule has 0 bridgehead atoms. The fourth-order valence-corrected chi connectivity index (χ4v) is 6.62. The molecule has 27 heavy (non-hydrogen) atoms. The Balaban J connectivity index is 1.58. The summed E-state index contributed by atoms with van der Waals surface area (Å²) in [6.45, 7) is 1.17. The van der Waals surface area contributed by atoms with Crippen LogP contribution in [0.5, 0.6) is 0 Å². The minimum atomic E-state index is -4.52. The highest BCUT2D eigenvalue weighted by Gasteiger charge is 2.35. The van der Waals surface area contributed by atoms with Crippen molar-refractivity contribution in [3.63, 3.8) is 0 Å². The van der Waals surface area contributed by atoms with E-state index in [9.17, 15) is 30.0 Å². The number of halogens is 3. The van der Waals surface area contributed by atoms with Gasteiger partial charge < -0.3 is 0 Å². The zero-order valence-corrected chi connectivity index (χ0v) is 16.1. The SMILES string of the molecule is O=S1(=O)CC[C@@H](N2CCC(NS(=O)(=O)c3ccc(C(F)(F)F)cc3)CC2)C1. The normalized spacial score (nSPS) is 24.9. The molecular formula is C16H21F3N2O4S2. The van der Waals surface area contributed by atoms with Crippen molar-refractivity contribution in [1.82, 2.24) is 9.62 Å². The third-order valence-corrected chi connectivity index (χ3v) is 8.35. The molecule has 0 unspecified atom stereocenters. The Morgan fingerprint density at radius 1 is 1.04 bits per heavy atom. The summed E-state index contributed by atoms with van der Waals surface area (Å²) in [6.07, 6.45) is -2.87. The number of nitrogens with one attached hydrogen (secondary N) is 1. The van der Waals surface area contributed by atoms with E-state index in [1.165, 1.54) is 0 Å². The van der Waals surface area contributed by atoms with Crippen LogP contribution in [0.1, 0.15) is 24.8 Å². The number of alkyl halides is 3. The van der Waals surface area contributed by atoms with Gasteiger partial charge in [0.05, 0.1) is 22.0 Å². The van der Waals surface area contributed by atoms with E-state index in [-0.39, 0.29) is 28.5 Å². The van der Waals surface area contributed by atoms with Gasteiger partial charge in [-0.05, 0) is 56.6 Å². The second kappa shape index (κ2) is 7.34. The molecule has 2 aliphatic rings. The Labute approximate surface area is 156 Å². The van der Waals surface area contributed by atoms with E-state index in [1.54, 1.807) is 0 Å². The van der Waals surface area contributed by atoms with Gasteiger partial charge in [-0.2, -0.15) is 13.2 Å². The fourth-order valence-electron chi connectivity index (χ4n) is 3.56. The van der Waals surface area contributed by atoms with E-state index in [2.05, 4.69) is 9.62 Å². The molecule has 0 radical (unpaired) electrons. The van der Waals surface area contributed by atoms with Gasteiger partial charge in [-0.1, -0.05) is 0 Å². The van der Waals surface area contributed by atoms with Gasteiger partial charge >= 0.3 is 6.18 Å². The van der Waals surface area contributed by atoms with Crippen LogP contribution >= 0.6 is 0 Å². The molecule has 0 spiro atoms. The molecule has 2 aliphatic heterocycles. The van der Waals surface area contributed by atoms with Crippen LogP contribution in [0.4, 0.5) is 13.2 Å². The van der Waals surface area contributed by atoms with Crippen molar-refractivity contribution < 1.29 is 30.0 Å². The molecule has 0 amide bonds. The van der Waals surface area contributed by atoms with Crippen molar-refractivity contribution in [3.05, 3.63) is 29.8 Å². The van der Waals surface area contributed by atoms with Crippen molar-refractivity contribution in [2.45, 2.75) is 42.4 Å². The number of sulfone groups is 1. The fraction of sp³-hybridized carbons (Fsp3) is 0.625. The zero-order chi connectivity index (χ0) is 19.9. The quantitative estimate of drug-likeness (QED) is 0.791. The van der Waals surface area contributed by atoms with Crippen LogP contribution in [0.3, 0.4) is 0 Å². The second-order valence-corrected chi connectivity index (χ2v) is 11.0. The van der Waals surface area contributed by atoms with Crippen LogP contribution in [-0.2, 0) is 26.0 Å². The van der Waals surface area contributed by atoms with Gasteiger partial charge in [0.1, 0.15) is 0 Å². The maximum absolute atomic E-state index is 12.6. The number of sulfonamides is 1. The number of hydrogen-bond acceptors (Lipinski definition) is 5. The summed E-state index contributed by atoms with van der Waals surface area (Å²) in [5.74, 6) is 0.340. The average molecular weight is 426 g/mol. The Hall–Kier alpha value is -1.17. The summed E-state index contributed by atoms with van der Waals surface area (Å²) in [5.41, 5.74) is -0.902. The lowest BCUT2D eigenvalue weighted by Gasteiger charge is -2.35. The van der Waals surface area contributed by atoms with Gasteiger partial charge in [-0.15, -0.1) is 0 Å². The summed E-state index contributed by atoms with van der Waals surface area (Å²) in [5, 5.41) is 0. The zero-order valence-electron chi connectivity index (χ0n) is 14.4. The molecule has 2 heterocycles. The van der Waals surface area contributed by atoms with Gasteiger partial charge in [0.2, 0.25) is 10.0 Å². The molecule has 0 aliphatic carbocycles. The number of hydrogen-bond donors (Lipinski definition) is 1. The van der Waals surface area contributed by atoms with Crippen molar-refractivity contribution in [2.24, 2.45) is 0 Å². The molecule has 0 aromatic heterocycles. The molecule has 1 atom stereocenters. The van der Waals surface area contributed by atoms with E-state index >= 15 is 0 Å². The predicted octanol–water partition coefficient (Wildman–Crippen LogP) is 1.64. The first-order valence-electron chi connectivity index (χ1n) is 8.60. The number of piperidine rings is 1. The maximum atomic E-state index is 12.6. The lowest BCUT2D eigenvalue weighted by molar-refractivity contribution is -0.137. The molecule has 1 N–H and O–H groups in total. The second-order valence-electron chi connectivity index (χ2n) is 7.01. The Kier molecular flexibility index (Phi) is 5.59. The highest BCUT2D eigenvalue weighted by molar-refractivity contribution is 7.91. The largest absolute Gasteiger partial charge is 0.416 e. The Morgan fingerprint density at radius 3 is 2.11 bits per heavy atom. The van der Waals surface area contributed by atoms with Crippen molar-refractivity contribution in [2.75, 3.05) is 24.6 Å². The first-order chi connectivity index (χ1) is 12.5. The Bertz CT molecular complexity index is 875. The molecule has 3 rings (SSSR count). The van der Waals surface area contributed by atoms with Gasteiger partial charge in [-0.3, -0.25) is 4.90 Å². The molecule has 1 aromatic rings. The van der Waals surface area contributed by atoms with Gasteiger partial charge in [-0.25, -0.2) is 21.6 Å². The number of nitrogens with zero attached hydrogens (tertiary/aromatic N) is 1. The van der Waals surface area contributed by atoms with Crippen LogP contribution in [0.2, 0.25) is 0 Å². The summed E-state index contributed by atoms with van der Waals surface area (Å²) in [4.78, 5) is 1.87. The van der Waals surface area contributed by atoms with Gasteiger partial charge in [0.25, 0.3) is 0 Å². The minimum absolute atomic E-state index is 0.0116. The number of likely N-dealkylation sites (tertiary alicyclic amines) is 1. The van der Waals surface area contributed by atoms with Crippen LogP contribution in [0.25, 0.3) is 0 Å². The molecule has 1 aromatic carbocycles. The summed E-state index contributed by atoms with van der Waals surface area (Å²) in [7, 11) is -6.88. The highest BCUT2D eigenvalue weighted by atomic mass is 32.2. The van der Waals surface area contributed by atoms with E-state index in [0.29, 0.717) is 32.4 Å². The molecule has 0 saturated carbocycles. The van der Waals surface area contributed by atoms with Crippen LogP contribution in [0, 0.1) is 0 Å². The highest BCUT2D eigenvalue weighted by Crippen LogP contribution is 2.30. The van der Waals surface area contributed by atoms with E-state index < -0.39 is 31.6 Å². The monoisotopic (exact) mass is 426 g/mol. The molecule has 11 heteroatoms. The van der Waals surface area contributed by atoms with E-state index in [4.69, 9.17) is 0 Å². The molecule has 6 nitrogen and oxygen atoms in total. The first kappa shape index (κ1) is 20.6. The summed E-state index contributed by atoms with van der Waals surface area (Å²) >= 11 is 0. The maximum Gasteiger partial charge on any atom is 0.416 e. The Morgan fingerprint density at radius 2 is 1.63 bits per heavy atom. The van der Waals surface area contributed by atoms with Crippen LogP contribution < -0.4 is 4.72 Å². The van der Waals surface area contributed by atoms with Crippen molar-refractivity contribution in [3.8, 4) is 0 Å². The third-order valence-electron chi connectivity index (χ3n) is 5.07. The number of benzene rings is 1. The smallest absolute Gasteiger partial charge is 0.299 e. The molecular weight excluding hydrogens is 405 g/mol. The minimum Gasteiger partial charge on any atom is -0.299 e. The van der Waals surface area contributed by atoms with Gasteiger partial charge in [0.15, 0.2) is 9.84 Å². The molecule has 152 valence electrons. The lowest BCUT2D eigenvalue weighted by Crippen LogP contribution is -2.48. The molecule has 2 saturated heterocycles. The van der Waals surface area contributed by atoms with Gasteiger partial charge in [0, 0.05) is 12.1 Å². The predicted molar refractivity (Wildman–Crippen MR) is 93.4 cm³/mol. The van der Waals surface area contributed by atoms with Crippen LogP contribution in [-0.4, -0.2) is 58.4 Å². The van der Waals surface area contributed by atoms with Crippen molar-refractivity contribution >= 4 is 19.9 Å². The first-order valence-corrected chi connectivity index (χ1v) is 11.9. The lowest BCUT2D eigenvalue weighted by atomic mass is 10.0. The van der Waals surface area contributed by atoms with Crippen LogP contribution in [0.15, 0.2) is 29.2 Å². The summed E-state index contributed by atoms with van der Waals surface area (Å²) < 4.78 is 88.3. The summed E-state index contributed by atoms with van der Waals surface area (Å²) in [6, 6.07) is 3.05. The number of rotatable bonds is 4. The molecule has 2 fully saturated rings. The topological polar surface area (TPSA) is 83.6 Å². The standard InChI is InChI=1S/C16H21F3N2O4S2/c17-16(18,19)12-1-3-15(4-2-12)27(24,25)20-13-5-8-21(9-6-13)14-7-10-26(22,23)11-14/h1-4,13-14,20H,5-11H2/t14-/m1/s1. The van der Waals surface area contributed by atoms with E-state index in [0.717, 1.165) is 24.3 Å². The van der Waals surface area contributed by atoms with Crippen molar-refractivity contribution in [1.29, 1.82) is 0 Å². The average Bonchev–Trinajstić information content (AvgIpc) is 2.94. The third kappa shape index (κ3) is 5.01.